The van der Waals surface area contributed by atoms with E-state index in [0.29, 0.717) is 6.04 Å². The summed E-state index contributed by atoms with van der Waals surface area (Å²) in [5.41, 5.74) is 0. The van der Waals surface area contributed by atoms with Gasteiger partial charge in [0.25, 0.3) is 0 Å². The number of hydrogen-bond donors (Lipinski definition) is 1. The van der Waals surface area contributed by atoms with Gasteiger partial charge in [-0.25, -0.2) is 0 Å². The zero-order chi connectivity index (χ0) is 13.1. The minimum atomic E-state index is 0.677. The van der Waals surface area contributed by atoms with E-state index in [4.69, 9.17) is 0 Å². The standard InChI is InChI=1S/C15H34N2/c1-6-10-12-17(14(5)8-3)13-15(11-7-2)16-9-4/h14-16H,6-13H2,1-5H3. The molecule has 2 atom stereocenters. The molecule has 0 aromatic carbocycles. The first kappa shape index (κ1) is 16.9. The van der Waals surface area contributed by atoms with Crippen LogP contribution in [0.3, 0.4) is 0 Å². The van der Waals surface area contributed by atoms with Gasteiger partial charge in [0.15, 0.2) is 0 Å². The van der Waals surface area contributed by atoms with Crippen LogP contribution in [0.4, 0.5) is 0 Å². The summed E-state index contributed by atoms with van der Waals surface area (Å²) in [6.07, 6.45) is 6.46. The topological polar surface area (TPSA) is 15.3 Å². The van der Waals surface area contributed by atoms with Gasteiger partial charge < -0.3 is 5.32 Å². The molecular formula is C15H34N2. The molecule has 2 heteroatoms. The normalized spacial score (nSPS) is 15.2. The van der Waals surface area contributed by atoms with Crippen LogP contribution in [0.1, 0.15) is 66.7 Å². The van der Waals surface area contributed by atoms with Crippen LogP contribution in [0.2, 0.25) is 0 Å². The average molecular weight is 242 g/mol. The second-order valence-corrected chi connectivity index (χ2v) is 5.15. The summed E-state index contributed by atoms with van der Waals surface area (Å²) < 4.78 is 0. The fourth-order valence-electron chi connectivity index (χ4n) is 2.29. The number of nitrogens with one attached hydrogen (secondary N) is 1. The van der Waals surface area contributed by atoms with Crippen molar-refractivity contribution in [3.8, 4) is 0 Å². The van der Waals surface area contributed by atoms with Crippen LogP contribution in [0.5, 0.6) is 0 Å². The molecule has 0 aromatic rings. The highest BCUT2D eigenvalue weighted by molar-refractivity contribution is 4.75. The summed E-state index contributed by atoms with van der Waals surface area (Å²) in [5, 5.41) is 3.63. The van der Waals surface area contributed by atoms with Crippen molar-refractivity contribution in [1.82, 2.24) is 10.2 Å². The molecule has 1 N–H and O–H groups in total. The number of rotatable bonds is 11. The third kappa shape index (κ3) is 7.77. The van der Waals surface area contributed by atoms with Crippen LogP contribution in [-0.2, 0) is 0 Å². The molecule has 0 heterocycles. The summed E-state index contributed by atoms with van der Waals surface area (Å²) in [7, 11) is 0. The second-order valence-electron chi connectivity index (χ2n) is 5.15. The van der Waals surface area contributed by atoms with Crippen molar-refractivity contribution in [2.45, 2.75) is 78.8 Å². The highest BCUT2D eigenvalue weighted by Crippen LogP contribution is 2.09. The lowest BCUT2D eigenvalue weighted by molar-refractivity contribution is 0.176. The predicted molar refractivity (Wildman–Crippen MR) is 78.6 cm³/mol. The third-order valence-corrected chi connectivity index (χ3v) is 3.60. The molecule has 0 radical (unpaired) electrons. The van der Waals surface area contributed by atoms with E-state index in [1.165, 1.54) is 45.2 Å². The lowest BCUT2D eigenvalue weighted by atomic mass is 10.1. The van der Waals surface area contributed by atoms with E-state index in [1.54, 1.807) is 0 Å². The highest BCUT2D eigenvalue weighted by atomic mass is 15.2. The van der Waals surface area contributed by atoms with Gasteiger partial charge in [-0.2, -0.15) is 0 Å². The fourth-order valence-corrected chi connectivity index (χ4v) is 2.29. The van der Waals surface area contributed by atoms with Crippen molar-refractivity contribution in [3.05, 3.63) is 0 Å². The van der Waals surface area contributed by atoms with Crippen molar-refractivity contribution in [1.29, 1.82) is 0 Å². The van der Waals surface area contributed by atoms with Crippen LogP contribution in [0.15, 0.2) is 0 Å². The molecule has 0 rings (SSSR count). The van der Waals surface area contributed by atoms with Gasteiger partial charge in [0.2, 0.25) is 0 Å². The zero-order valence-corrected chi connectivity index (χ0v) is 12.8. The van der Waals surface area contributed by atoms with Crippen LogP contribution >= 0.6 is 0 Å². The monoisotopic (exact) mass is 242 g/mol. The molecule has 104 valence electrons. The predicted octanol–water partition coefficient (Wildman–Crippen LogP) is 3.67. The largest absolute Gasteiger partial charge is 0.313 e. The van der Waals surface area contributed by atoms with Gasteiger partial charge in [-0.05, 0) is 39.3 Å². The maximum Gasteiger partial charge on any atom is 0.0194 e. The maximum absolute atomic E-state index is 3.63. The Morgan fingerprint density at radius 3 is 2.24 bits per heavy atom. The van der Waals surface area contributed by atoms with Crippen molar-refractivity contribution in [3.63, 3.8) is 0 Å². The minimum absolute atomic E-state index is 0.677. The molecule has 0 bridgehead atoms. The summed E-state index contributed by atoms with van der Waals surface area (Å²) in [6.45, 7) is 15.0. The van der Waals surface area contributed by atoms with Gasteiger partial charge >= 0.3 is 0 Å². The van der Waals surface area contributed by atoms with Crippen molar-refractivity contribution < 1.29 is 0 Å². The van der Waals surface area contributed by atoms with E-state index in [1.807, 2.05) is 0 Å². The van der Waals surface area contributed by atoms with Gasteiger partial charge in [0, 0.05) is 18.6 Å². The molecule has 0 saturated carbocycles. The van der Waals surface area contributed by atoms with Crippen molar-refractivity contribution in [2.75, 3.05) is 19.6 Å². The van der Waals surface area contributed by atoms with E-state index in [2.05, 4.69) is 44.8 Å². The first-order valence-electron chi connectivity index (χ1n) is 7.66. The smallest absolute Gasteiger partial charge is 0.0194 e. The Balaban J connectivity index is 4.24. The maximum atomic E-state index is 3.63. The molecule has 0 fully saturated rings. The first-order valence-corrected chi connectivity index (χ1v) is 7.66. The Bertz CT molecular complexity index is 153. The van der Waals surface area contributed by atoms with Gasteiger partial charge in [-0.3, -0.25) is 4.90 Å². The minimum Gasteiger partial charge on any atom is -0.313 e. The Kier molecular flexibility index (Phi) is 11.0. The first-order chi connectivity index (χ1) is 8.19. The summed E-state index contributed by atoms with van der Waals surface area (Å²) in [6, 6.07) is 1.40. The molecule has 0 amide bonds. The van der Waals surface area contributed by atoms with Crippen LogP contribution in [0.25, 0.3) is 0 Å². The molecule has 0 saturated heterocycles. The molecule has 17 heavy (non-hydrogen) atoms. The number of hydrogen-bond acceptors (Lipinski definition) is 2. The summed E-state index contributed by atoms with van der Waals surface area (Å²) in [5.74, 6) is 0. The molecule has 0 aliphatic carbocycles. The molecule has 0 aromatic heterocycles. The number of nitrogens with zero attached hydrogens (tertiary/aromatic N) is 1. The quantitative estimate of drug-likeness (QED) is 0.595. The Morgan fingerprint density at radius 1 is 1.06 bits per heavy atom. The van der Waals surface area contributed by atoms with Gasteiger partial charge in [0.05, 0.1) is 0 Å². The van der Waals surface area contributed by atoms with E-state index in [9.17, 15) is 0 Å². The number of likely N-dealkylation sites (N-methyl/N-ethyl adjacent to an activating group) is 1. The average Bonchev–Trinajstić information content (AvgIpc) is 2.33. The SMILES string of the molecule is CCCCN(CC(CCC)NCC)C(C)CC. The highest BCUT2D eigenvalue weighted by Gasteiger charge is 2.16. The lowest BCUT2D eigenvalue weighted by Gasteiger charge is -2.32. The molecule has 0 aliphatic heterocycles. The Morgan fingerprint density at radius 2 is 1.76 bits per heavy atom. The van der Waals surface area contributed by atoms with Crippen LogP contribution in [0, 0.1) is 0 Å². The third-order valence-electron chi connectivity index (χ3n) is 3.60. The van der Waals surface area contributed by atoms with Gasteiger partial charge in [-0.15, -0.1) is 0 Å². The second kappa shape index (κ2) is 11.0. The molecule has 0 aliphatic rings. The van der Waals surface area contributed by atoms with E-state index in [-0.39, 0.29) is 0 Å². The summed E-state index contributed by atoms with van der Waals surface area (Å²) >= 11 is 0. The summed E-state index contributed by atoms with van der Waals surface area (Å²) in [4.78, 5) is 2.67. The molecule has 0 spiro atoms. The van der Waals surface area contributed by atoms with E-state index in [0.717, 1.165) is 12.6 Å². The van der Waals surface area contributed by atoms with Crippen LogP contribution in [-0.4, -0.2) is 36.6 Å². The lowest BCUT2D eigenvalue weighted by Crippen LogP contribution is -2.44. The van der Waals surface area contributed by atoms with E-state index < -0.39 is 0 Å². The van der Waals surface area contributed by atoms with Crippen molar-refractivity contribution >= 4 is 0 Å². The fraction of sp³-hybridized carbons (Fsp3) is 1.00. The molecule has 2 unspecified atom stereocenters. The number of unbranched alkanes of at least 4 members (excludes halogenated alkanes) is 1. The molecular weight excluding hydrogens is 208 g/mol. The zero-order valence-electron chi connectivity index (χ0n) is 12.8. The molecule has 2 nitrogen and oxygen atoms in total. The van der Waals surface area contributed by atoms with Gasteiger partial charge in [0.1, 0.15) is 0 Å². The van der Waals surface area contributed by atoms with Gasteiger partial charge in [-0.1, -0.05) is 40.5 Å². The Hall–Kier alpha value is -0.0800. The van der Waals surface area contributed by atoms with Crippen LogP contribution < -0.4 is 5.32 Å². The van der Waals surface area contributed by atoms with E-state index >= 15 is 0 Å². The Labute approximate surface area is 109 Å². The van der Waals surface area contributed by atoms with Crippen molar-refractivity contribution in [2.24, 2.45) is 0 Å².